The van der Waals surface area contributed by atoms with Crippen LogP contribution in [0.4, 0.5) is 0 Å². The summed E-state index contributed by atoms with van der Waals surface area (Å²) in [5, 5.41) is 3.07. The average molecular weight is 296 g/mol. The van der Waals surface area contributed by atoms with Crippen LogP contribution < -0.4 is 5.32 Å². The molecule has 0 spiro atoms. The Morgan fingerprint density at radius 3 is 2.65 bits per heavy atom. The molecule has 1 saturated heterocycles. The predicted molar refractivity (Wildman–Crippen MR) is 76.6 cm³/mol. The van der Waals surface area contributed by atoms with Gasteiger partial charge in [-0.2, -0.15) is 0 Å². The second-order valence-electron chi connectivity index (χ2n) is 4.82. The van der Waals surface area contributed by atoms with Crippen LogP contribution >= 0.6 is 11.6 Å². The Morgan fingerprint density at radius 1 is 1.25 bits per heavy atom. The number of likely N-dealkylation sites (tertiary alicyclic amines) is 1. The lowest BCUT2D eigenvalue weighted by atomic mass is 10.1. The first-order chi connectivity index (χ1) is 9.66. The van der Waals surface area contributed by atoms with E-state index in [2.05, 4.69) is 10.3 Å². The molecule has 5 nitrogen and oxygen atoms in total. The van der Waals surface area contributed by atoms with Crippen molar-refractivity contribution >= 4 is 23.4 Å². The van der Waals surface area contributed by atoms with Crippen molar-refractivity contribution in [2.24, 2.45) is 0 Å². The summed E-state index contributed by atoms with van der Waals surface area (Å²) < 4.78 is 0. The Labute approximate surface area is 123 Å². The van der Waals surface area contributed by atoms with Crippen molar-refractivity contribution < 1.29 is 9.59 Å². The van der Waals surface area contributed by atoms with Gasteiger partial charge in [0.15, 0.2) is 0 Å². The van der Waals surface area contributed by atoms with E-state index in [4.69, 9.17) is 11.6 Å². The van der Waals surface area contributed by atoms with Crippen LogP contribution in [0.2, 0.25) is 5.15 Å². The van der Waals surface area contributed by atoms with Crippen molar-refractivity contribution in [3.63, 3.8) is 0 Å². The molecule has 0 aliphatic carbocycles. The highest BCUT2D eigenvalue weighted by Gasteiger charge is 2.16. The molecular weight excluding hydrogens is 278 g/mol. The summed E-state index contributed by atoms with van der Waals surface area (Å²) in [5.41, 5.74) is 0.444. The molecular formula is C14H18ClN3O2. The molecule has 1 N–H and O–H groups in total. The zero-order chi connectivity index (χ0) is 14.4. The normalized spacial score (nSPS) is 14.9. The van der Waals surface area contributed by atoms with E-state index in [0.717, 1.165) is 25.9 Å². The lowest BCUT2D eigenvalue weighted by molar-refractivity contribution is -0.131. The lowest BCUT2D eigenvalue weighted by Crippen LogP contribution is -2.37. The van der Waals surface area contributed by atoms with E-state index in [0.29, 0.717) is 23.7 Å². The third-order valence-electron chi connectivity index (χ3n) is 3.32. The molecule has 0 bridgehead atoms. The second kappa shape index (κ2) is 7.24. The number of piperidine rings is 1. The zero-order valence-electron chi connectivity index (χ0n) is 11.3. The van der Waals surface area contributed by atoms with Gasteiger partial charge in [0.2, 0.25) is 5.91 Å². The number of hydrogen-bond donors (Lipinski definition) is 1. The van der Waals surface area contributed by atoms with Gasteiger partial charge in [-0.3, -0.25) is 9.59 Å². The van der Waals surface area contributed by atoms with Crippen LogP contribution in [-0.2, 0) is 4.79 Å². The quantitative estimate of drug-likeness (QED) is 0.863. The Hall–Kier alpha value is -1.62. The summed E-state index contributed by atoms with van der Waals surface area (Å²) in [6, 6.07) is 3.17. The van der Waals surface area contributed by atoms with Gasteiger partial charge in [0.25, 0.3) is 5.91 Å². The second-order valence-corrected chi connectivity index (χ2v) is 5.20. The van der Waals surface area contributed by atoms with Gasteiger partial charge in [0.05, 0.1) is 5.56 Å². The highest BCUT2D eigenvalue weighted by molar-refractivity contribution is 6.29. The summed E-state index contributed by atoms with van der Waals surface area (Å²) >= 11 is 5.66. The summed E-state index contributed by atoms with van der Waals surface area (Å²) in [5.74, 6) is -0.125. The van der Waals surface area contributed by atoms with Gasteiger partial charge in [-0.05, 0) is 31.4 Å². The molecule has 6 heteroatoms. The molecule has 1 fully saturated rings. The number of hydrogen-bond acceptors (Lipinski definition) is 3. The molecule has 0 aromatic carbocycles. The van der Waals surface area contributed by atoms with Gasteiger partial charge in [-0.1, -0.05) is 11.6 Å². The zero-order valence-corrected chi connectivity index (χ0v) is 12.0. The minimum absolute atomic E-state index is 0.110. The molecule has 1 aliphatic heterocycles. The molecule has 1 aromatic rings. The first-order valence-electron chi connectivity index (χ1n) is 6.84. The van der Waals surface area contributed by atoms with E-state index in [-0.39, 0.29) is 11.8 Å². The summed E-state index contributed by atoms with van der Waals surface area (Å²) in [4.78, 5) is 29.4. The smallest absolute Gasteiger partial charge is 0.252 e. The Bertz CT molecular complexity index is 470. The molecule has 2 heterocycles. The van der Waals surface area contributed by atoms with Gasteiger partial charge >= 0.3 is 0 Å². The highest BCUT2D eigenvalue weighted by Crippen LogP contribution is 2.09. The molecule has 1 aliphatic rings. The maximum absolute atomic E-state index is 11.9. The number of amides is 2. The fourth-order valence-corrected chi connectivity index (χ4v) is 2.31. The standard InChI is InChI=1S/C14H18ClN3O2/c15-12-5-4-11(10-17-12)14(20)16-7-6-13(19)18-8-2-1-3-9-18/h4-5,10H,1-3,6-9H2,(H,16,20). The van der Waals surface area contributed by atoms with Crippen LogP contribution in [0.5, 0.6) is 0 Å². The number of carbonyl (C=O) groups excluding carboxylic acids is 2. The topological polar surface area (TPSA) is 62.3 Å². The number of rotatable bonds is 4. The fraction of sp³-hybridized carbons (Fsp3) is 0.500. The van der Waals surface area contributed by atoms with E-state index in [1.54, 1.807) is 12.1 Å². The average Bonchev–Trinajstić information content (AvgIpc) is 2.48. The van der Waals surface area contributed by atoms with Gasteiger partial charge in [0.1, 0.15) is 5.15 Å². The van der Waals surface area contributed by atoms with Gasteiger partial charge in [-0.15, -0.1) is 0 Å². The number of nitrogens with one attached hydrogen (secondary N) is 1. The Kier molecular flexibility index (Phi) is 5.35. The first-order valence-corrected chi connectivity index (χ1v) is 7.22. The van der Waals surface area contributed by atoms with Crippen molar-refractivity contribution in [2.45, 2.75) is 25.7 Å². The van der Waals surface area contributed by atoms with Crippen LogP contribution in [0.25, 0.3) is 0 Å². The maximum Gasteiger partial charge on any atom is 0.252 e. The number of nitrogens with zero attached hydrogens (tertiary/aromatic N) is 2. The molecule has 20 heavy (non-hydrogen) atoms. The third kappa shape index (κ3) is 4.20. The third-order valence-corrected chi connectivity index (χ3v) is 3.55. The maximum atomic E-state index is 11.9. The van der Waals surface area contributed by atoms with Crippen molar-refractivity contribution in [1.29, 1.82) is 0 Å². The number of carbonyl (C=O) groups is 2. The van der Waals surface area contributed by atoms with E-state index in [1.807, 2.05) is 4.90 Å². The largest absolute Gasteiger partial charge is 0.351 e. The lowest BCUT2D eigenvalue weighted by Gasteiger charge is -2.26. The number of pyridine rings is 1. The monoisotopic (exact) mass is 295 g/mol. The van der Waals surface area contributed by atoms with E-state index < -0.39 is 0 Å². The minimum atomic E-state index is -0.236. The highest BCUT2D eigenvalue weighted by atomic mass is 35.5. The Balaban J connectivity index is 1.73. The number of aromatic nitrogens is 1. The molecule has 2 amide bonds. The molecule has 0 unspecified atom stereocenters. The molecule has 1 aromatic heterocycles. The van der Waals surface area contributed by atoms with Gasteiger partial charge in [0, 0.05) is 32.3 Å². The summed E-state index contributed by atoms with van der Waals surface area (Å²) in [6.45, 7) is 2.03. The van der Waals surface area contributed by atoms with E-state index in [1.165, 1.54) is 12.6 Å². The summed E-state index contributed by atoms with van der Waals surface area (Å²) in [7, 11) is 0. The van der Waals surface area contributed by atoms with E-state index >= 15 is 0 Å². The SMILES string of the molecule is O=C(NCCC(=O)N1CCCCC1)c1ccc(Cl)nc1. The molecule has 0 atom stereocenters. The van der Waals surface area contributed by atoms with Crippen molar-refractivity contribution in [3.8, 4) is 0 Å². The van der Waals surface area contributed by atoms with Crippen LogP contribution in [0.15, 0.2) is 18.3 Å². The molecule has 0 saturated carbocycles. The van der Waals surface area contributed by atoms with Crippen LogP contribution in [-0.4, -0.2) is 41.3 Å². The first kappa shape index (κ1) is 14.8. The summed E-state index contributed by atoms with van der Waals surface area (Å²) in [6.07, 6.45) is 5.12. The fourth-order valence-electron chi connectivity index (χ4n) is 2.20. The molecule has 0 radical (unpaired) electrons. The van der Waals surface area contributed by atoms with Crippen LogP contribution in [0, 0.1) is 0 Å². The van der Waals surface area contributed by atoms with Crippen molar-refractivity contribution in [2.75, 3.05) is 19.6 Å². The van der Waals surface area contributed by atoms with E-state index in [9.17, 15) is 9.59 Å². The van der Waals surface area contributed by atoms with Crippen molar-refractivity contribution in [3.05, 3.63) is 29.0 Å². The Morgan fingerprint density at radius 2 is 2.00 bits per heavy atom. The van der Waals surface area contributed by atoms with Gasteiger partial charge in [-0.25, -0.2) is 4.98 Å². The number of halogens is 1. The minimum Gasteiger partial charge on any atom is -0.351 e. The van der Waals surface area contributed by atoms with Gasteiger partial charge < -0.3 is 10.2 Å². The molecule has 108 valence electrons. The predicted octanol–water partition coefficient (Wildman–Crippen LogP) is 1.87. The van der Waals surface area contributed by atoms with Crippen LogP contribution in [0.1, 0.15) is 36.0 Å². The molecule has 2 rings (SSSR count). The van der Waals surface area contributed by atoms with Crippen molar-refractivity contribution in [1.82, 2.24) is 15.2 Å². The van der Waals surface area contributed by atoms with Crippen LogP contribution in [0.3, 0.4) is 0 Å².